The number of aromatic nitrogens is 1. The first-order chi connectivity index (χ1) is 67.2. The van der Waals surface area contributed by atoms with E-state index < -0.39 is 348 Å². The standard InChI is InChI=1S/C102H82BN3O2Si/c1-100(2,3)69-60-89-95-90(61-69)106(97-80(66-36-17-11-18-37-66)64-82(102(7,8)9)94-78-49-28-32-53-92(78)108-99(94)97)88-62-70(104-85-50-29-25-46-75(85)76-47-26-30-51-86(76)104)55-57-84(88)103(95)83-56-54-68(67-38-33-45-74(58-67)109(71-39-19-12-20-40-71,72-41-21-13-22-42-72)73-43-23-14-24-44-73)59-87(83)105(89)96-79(65-34-15-10-16-35-65)63-81(101(4,5)6)93-77-48-27-31-52-91(77)107-98(93)96/h10-64H,1-9H3/i10D,11D,15D,16D,17D,18D,25D,26D,27D,28D,29D,30D,31D,32D,34D,35D,36D,37D,46D,47D,48D,49D,50D,51D,52D,53D,54D,55D,56D,57D,59D,62D,63D,64D. The Morgan fingerprint density at radius 2 is 0.771 bits per heavy atom. The number of hydrogen-bond acceptors (Lipinski definition) is 4. The molecule has 0 atom stereocenters. The lowest BCUT2D eigenvalue weighted by Crippen LogP contribution is -2.74. The monoisotopic (exact) mass is 1450 g/mol. The van der Waals surface area contributed by atoms with Gasteiger partial charge >= 0.3 is 0 Å². The zero-order valence-electron chi connectivity index (χ0n) is 94.4. The smallest absolute Gasteiger partial charge is 0.252 e. The number of fused-ring (bicyclic) bond motifs is 13. The number of anilines is 6. The second-order valence-corrected chi connectivity index (χ2v) is 34.3. The highest BCUT2D eigenvalue weighted by Gasteiger charge is 2.48. The molecule has 109 heavy (non-hydrogen) atoms. The highest BCUT2D eigenvalue weighted by atomic mass is 28.3. The van der Waals surface area contributed by atoms with E-state index in [0.717, 1.165) is 25.0 Å². The zero-order chi connectivity index (χ0) is 103. The van der Waals surface area contributed by atoms with Crippen LogP contribution in [0, 0.1) is 0 Å². The van der Waals surface area contributed by atoms with Gasteiger partial charge in [-0.15, -0.1) is 0 Å². The van der Waals surface area contributed by atoms with Crippen molar-refractivity contribution >= 4 is 152 Å². The zero-order valence-corrected chi connectivity index (χ0v) is 61.4. The Balaban J connectivity index is 1.10. The van der Waals surface area contributed by atoms with E-state index in [4.69, 9.17) is 8.83 Å². The van der Waals surface area contributed by atoms with Crippen LogP contribution in [0.1, 0.15) is 126 Å². The lowest BCUT2D eigenvalue weighted by atomic mass is 9.33. The molecule has 0 spiro atoms. The van der Waals surface area contributed by atoms with Crippen LogP contribution in [0.5, 0.6) is 0 Å². The van der Waals surface area contributed by atoms with Gasteiger partial charge in [-0.25, -0.2) is 0 Å². The summed E-state index contributed by atoms with van der Waals surface area (Å²) in [5, 5.41) is 0.863. The number of furan rings is 2. The highest BCUT2D eigenvalue weighted by Crippen LogP contribution is 2.57. The Morgan fingerprint density at radius 3 is 1.24 bits per heavy atom. The van der Waals surface area contributed by atoms with E-state index in [-0.39, 0.29) is 60.8 Å². The molecule has 2 aliphatic rings. The van der Waals surface area contributed by atoms with Gasteiger partial charge in [-0.2, -0.15) is 0 Å². The summed E-state index contributed by atoms with van der Waals surface area (Å²) in [6.45, 7) is 12.9. The summed E-state index contributed by atoms with van der Waals surface area (Å²) in [7, 11) is -3.71. The third kappa shape index (κ3) is 10.3. The normalized spacial score (nSPS) is 17.5. The van der Waals surface area contributed by atoms with Gasteiger partial charge < -0.3 is 23.2 Å². The molecule has 18 aromatic rings. The molecule has 0 saturated carbocycles. The molecule has 2 aliphatic heterocycles. The number of para-hydroxylation sites is 4. The van der Waals surface area contributed by atoms with Crippen molar-refractivity contribution in [2.45, 2.75) is 78.6 Å². The SMILES string of the molecule is [2H]c1c([2H])c([2H])c(-c2c([2H])c(C(C)(C)C)c3c(oc4c([2H])c([2H])c([2H])c([2H])c43)c2N2c3cc(C(C)(C)C)cc4c3B(c3c([2H])c([2H])c(-c5cccc([Si](c6ccccc6)(c6ccccc6)c6ccccc6)c5)c([2H])c32)c2c([2H])c([2H])c(-n3c5c([2H])c([2H])c([2H])c([2H])c5c5c([2H])c([2H])c([2H])c([2H])c53)c([2H])c2N4c2c(-c3c([2H])c([2H])c([2H])c([2H])c3[2H])c([2H])c(C(C)(C)C)c3c2oc2c([2H])c([2H])c([2H])c([2H])c23)c([2H])c1[2H]. The molecule has 15 aromatic carbocycles. The molecule has 0 aliphatic carbocycles. The van der Waals surface area contributed by atoms with E-state index in [1.165, 1.54) is 11.0 Å². The summed E-state index contributed by atoms with van der Waals surface area (Å²) in [6.07, 6.45) is 0. The van der Waals surface area contributed by atoms with Crippen molar-refractivity contribution in [3.8, 4) is 39.1 Å². The van der Waals surface area contributed by atoms with Crippen LogP contribution in [-0.2, 0) is 16.2 Å². The fourth-order valence-corrected chi connectivity index (χ4v) is 20.9. The van der Waals surface area contributed by atoms with Gasteiger partial charge in [-0.05, 0) is 159 Å². The van der Waals surface area contributed by atoms with Gasteiger partial charge in [0.25, 0.3) is 6.71 Å². The summed E-state index contributed by atoms with van der Waals surface area (Å²) in [6, 6.07) is 8.99. The van der Waals surface area contributed by atoms with Crippen molar-refractivity contribution in [3.05, 3.63) is 350 Å². The molecule has 524 valence electrons. The van der Waals surface area contributed by atoms with Crippen molar-refractivity contribution in [1.82, 2.24) is 4.57 Å². The molecule has 5 heterocycles. The average molecular weight is 1450 g/mol. The Kier molecular flexibility index (Phi) is 8.98. The van der Waals surface area contributed by atoms with Crippen molar-refractivity contribution in [2.75, 3.05) is 9.80 Å². The summed E-state index contributed by atoms with van der Waals surface area (Å²) in [4.78, 5) is 2.45. The second-order valence-electron chi connectivity index (χ2n) is 30.5. The van der Waals surface area contributed by atoms with Crippen molar-refractivity contribution < 1.29 is 55.4 Å². The van der Waals surface area contributed by atoms with Gasteiger partial charge in [-0.1, -0.05) is 329 Å². The molecular formula is C102H82BN3O2Si. The van der Waals surface area contributed by atoms with Gasteiger partial charge in [0.2, 0.25) is 0 Å². The minimum atomic E-state index is -3.71. The van der Waals surface area contributed by atoms with Crippen LogP contribution in [0.4, 0.5) is 34.1 Å². The molecule has 5 nitrogen and oxygen atoms in total. The lowest BCUT2D eigenvalue weighted by molar-refractivity contribution is 0.590. The maximum Gasteiger partial charge on any atom is 0.252 e. The van der Waals surface area contributed by atoms with Crippen molar-refractivity contribution in [2.24, 2.45) is 0 Å². The van der Waals surface area contributed by atoms with Gasteiger partial charge in [0.15, 0.2) is 19.2 Å². The van der Waals surface area contributed by atoms with E-state index in [1.54, 1.807) is 80.5 Å². The molecule has 7 heteroatoms. The molecule has 0 unspecified atom stereocenters. The lowest BCUT2D eigenvalue weighted by Gasteiger charge is -2.46. The molecule has 0 N–H and O–H groups in total. The average Bonchev–Trinajstić information content (AvgIpc) is 1.66. The van der Waals surface area contributed by atoms with Crippen LogP contribution in [0.3, 0.4) is 0 Å². The third-order valence-electron chi connectivity index (χ3n) is 20.9. The molecule has 20 rings (SSSR count). The fourth-order valence-electron chi connectivity index (χ4n) is 16.1. The Labute approximate surface area is 686 Å². The first-order valence-corrected chi connectivity index (χ1v) is 37.7. The Bertz CT molecular complexity index is 8620. The number of rotatable bonds is 10. The van der Waals surface area contributed by atoms with Crippen LogP contribution in [0.15, 0.2) is 342 Å². The predicted molar refractivity (Wildman–Crippen MR) is 465 cm³/mol. The van der Waals surface area contributed by atoms with Gasteiger partial charge in [0.1, 0.15) is 11.2 Å². The van der Waals surface area contributed by atoms with Gasteiger partial charge in [0.05, 0.1) is 69.0 Å². The predicted octanol–water partition coefficient (Wildman–Crippen LogP) is 22.9. The molecular weight excluding hydrogens is 1340 g/mol. The Morgan fingerprint density at radius 1 is 0.349 bits per heavy atom. The number of benzene rings is 15. The molecule has 0 radical (unpaired) electrons. The summed E-state index contributed by atoms with van der Waals surface area (Å²) >= 11 is 0. The molecule has 0 fully saturated rings. The minimum absolute atomic E-state index is 0.0997. The summed E-state index contributed by atoms with van der Waals surface area (Å²) in [5.41, 5.74) is -16.9. The quantitative estimate of drug-likeness (QED) is 0.101. The topological polar surface area (TPSA) is 37.7 Å². The first-order valence-electron chi connectivity index (χ1n) is 52.7. The van der Waals surface area contributed by atoms with Gasteiger partial charge in [-0.3, -0.25) is 0 Å². The summed E-state index contributed by atoms with van der Waals surface area (Å²) in [5.74, 6) is 0. The van der Waals surface area contributed by atoms with Gasteiger partial charge in [0, 0.05) is 71.9 Å². The van der Waals surface area contributed by atoms with Crippen LogP contribution in [-0.4, -0.2) is 19.4 Å². The molecule has 0 bridgehead atoms. The van der Waals surface area contributed by atoms with Crippen LogP contribution in [0.25, 0.3) is 105 Å². The largest absolute Gasteiger partial charge is 0.454 e. The maximum atomic E-state index is 12.0. The Hall–Kier alpha value is -12.4. The van der Waals surface area contributed by atoms with E-state index in [1.807, 2.05) is 103 Å². The molecule has 3 aromatic heterocycles. The number of hydrogen-bond donors (Lipinski definition) is 0. The number of nitrogens with zero attached hydrogens (tertiary/aromatic N) is 3. The van der Waals surface area contributed by atoms with Crippen LogP contribution >= 0.6 is 0 Å². The van der Waals surface area contributed by atoms with E-state index in [0.29, 0.717) is 5.19 Å². The van der Waals surface area contributed by atoms with Crippen LogP contribution < -0.4 is 46.9 Å². The second kappa shape index (κ2) is 24.8. The van der Waals surface area contributed by atoms with E-state index in [9.17, 15) is 46.6 Å². The maximum absolute atomic E-state index is 12.0. The van der Waals surface area contributed by atoms with E-state index in [2.05, 4.69) is 0 Å². The molecule has 0 saturated heterocycles. The minimum Gasteiger partial charge on any atom is -0.454 e. The first kappa shape index (κ1) is 39.4. The fraction of sp³-hybridized carbons (Fsp3) is 0.118. The van der Waals surface area contributed by atoms with Crippen molar-refractivity contribution in [1.29, 1.82) is 0 Å². The highest BCUT2D eigenvalue weighted by molar-refractivity contribution is 7.20. The third-order valence-corrected chi connectivity index (χ3v) is 25.7. The van der Waals surface area contributed by atoms with Crippen LogP contribution in [0.2, 0.25) is 0 Å². The van der Waals surface area contributed by atoms with Crippen molar-refractivity contribution in [3.63, 3.8) is 0 Å². The van der Waals surface area contributed by atoms with E-state index >= 15 is 0 Å². The molecule has 0 amide bonds. The summed E-state index contributed by atoms with van der Waals surface area (Å²) < 4.78 is 359.